The van der Waals surface area contributed by atoms with Crippen LogP contribution in [-0.2, 0) is 0 Å². The molecule has 3 heteroatoms. The summed E-state index contributed by atoms with van der Waals surface area (Å²) in [6.07, 6.45) is 0. The Morgan fingerprint density at radius 2 is 0.606 bits per heavy atom. The van der Waals surface area contributed by atoms with Gasteiger partial charge in [0.25, 0.3) is 0 Å². The van der Waals surface area contributed by atoms with Crippen LogP contribution in [0.2, 0.25) is 0 Å². The Kier molecular flexibility index (Phi) is 6.41. The molecular formula is C30H33N3. The molecule has 0 atom stereocenters. The first-order valence-corrected chi connectivity index (χ1v) is 11.3. The molecule has 0 aromatic heterocycles. The highest BCUT2D eigenvalue weighted by atomic mass is 15.1. The lowest BCUT2D eigenvalue weighted by atomic mass is 9.91. The van der Waals surface area contributed by atoms with Gasteiger partial charge in [0, 0.05) is 76.0 Å². The molecule has 0 bridgehead atoms. The van der Waals surface area contributed by atoms with E-state index in [1.807, 2.05) is 0 Å². The number of hydrogen-bond donors (Lipinski definition) is 0. The van der Waals surface area contributed by atoms with Crippen LogP contribution in [0.25, 0.3) is 33.4 Å². The number of anilines is 3. The Balaban J connectivity index is 2.03. The van der Waals surface area contributed by atoms with Crippen molar-refractivity contribution in [3.63, 3.8) is 0 Å². The number of hydrogen-bond acceptors (Lipinski definition) is 3. The average molecular weight is 436 g/mol. The molecule has 168 valence electrons. The Bertz CT molecular complexity index is 1090. The normalized spacial score (nSPS) is 10.7. The molecule has 0 radical (unpaired) electrons. The van der Waals surface area contributed by atoms with Crippen molar-refractivity contribution in [3.05, 3.63) is 91.0 Å². The Labute approximate surface area is 198 Å². The number of rotatable bonds is 6. The van der Waals surface area contributed by atoms with Gasteiger partial charge in [0.2, 0.25) is 0 Å². The van der Waals surface area contributed by atoms with E-state index >= 15 is 0 Å². The molecule has 0 aliphatic heterocycles. The lowest BCUT2D eigenvalue weighted by Crippen LogP contribution is -2.11. The van der Waals surface area contributed by atoms with Crippen LogP contribution in [0.15, 0.2) is 91.0 Å². The quantitative estimate of drug-likeness (QED) is 0.327. The molecule has 4 rings (SSSR count). The van der Waals surface area contributed by atoms with E-state index in [4.69, 9.17) is 0 Å². The second-order valence-corrected chi connectivity index (χ2v) is 9.03. The predicted molar refractivity (Wildman–Crippen MR) is 146 cm³/mol. The van der Waals surface area contributed by atoms with E-state index in [9.17, 15) is 0 Å². The van der Waals surface area contributed by atoms with Crippen molar-refractivity contribution < 1.29 is 0 Å². The molecule has 0 aliphatic rings. The third-order valence-electron chi connectivity index (χ3n) is 6.02. The molecule has 0 saturated heterocycles. The standard InChI is InChI=1S/C30H33N3/c1-31(2)28-16-10-7-13-25(28)22-19-23(26-14-8-11-17-29(26)32(3)4)21-24(20-22)27-15-9-12-18-30(27)33(5)6/h7-21H,1-6H3. The van der Waals surface area contributed by atoms with Gasteiger partial charge >= 0.3 is 0 Å². The summed E-state index contributed by atoms with van der Waals surface area (Å²) in [6, 6.07) is 32.9. The third kappa shape index (κ3) is 4.58. The summed E-state index contributed by atoms with van der Waals surface area (Å²) in [5.41, 5.74) is 11.0. The SMILES string of the molecule is CN(C)c1ccccc1-c1cc(-c2ccccc2N(C)C)cc(-c2ccccc2N(C)C)c1. The van der Waals surface area contributed by atoms with Gasteiger partial charge in [0.1, 0.15) is 0 Å². The largest absolute Gasteiger partial charge is 0.377 e. The van der Waals surface area contributed by atoms with Crippen LogP contribution >= 0.6 is 0 Å². The number of nitrogens with zero attached hydrogens (tertiary/aromatic N) is 3. The molecule has 0 unspecified atom stereocenters. The summed E-state index contributed by atoms with van der Waals surface area (Å²) < 4.78 is 0. The van der Waals surface area contributed by atoms with Crippen molar-refractivity contribution in [1.29, 1.82) is 0 Å². The van der Waals surface area contributed by atoms with E-state index in [2.05, 4.69) is 148 Å². The van der Waals surface area contributed by atoms with Crippen LogP contribution < -0.4 is 14.7 Å². The van der Waals surface area contributed by atoms with Gasteiger partial charge in [-0.25, -0.2) is 0 Å². The van der Waals surface area contributed by atoms with Crippen LogP contribution in [-0.4, -0.2) is 42.3 Å². The van der Waals surface area contributed by atoms with Gasteiger partial charge in [-0.1, -0.05) is 54.6 Å². The Hall–Kier alpha value is -3.72. The van der Waals surface area contributed by atoms with E-state index in [1.165, 1.54) is 50.4 Å². The first-order valence-electron chi connectivity index (χ1n) is 11.3. The Morgan fingerprint density at radius 1 is 0.364 bits per heavy atom. The van der Waals surface area contributed by atoms with Crippen LogP contribution in [0.1, 0.15) is 0 Å². The second kappa shape index (κ2) is 9.41. The molecular weight excluding hydrogens is 402 g/mol. The zero-order valence-corrected chi connectivity index (χ0v) is 20.5. The maximum absolute atomic E-state index is 2.33. The minimum absolute atomic E-state index is 1.21. The molecule has 33 heavy (non-hydrogen) atoms. The van der Waals surface area contributed by atoms with E-state index in [-0.39, 0.29) is 0 Å². The Morgan fingerprint density at radius 3 is 0.848 bits per heavy atom. The first kappa shape index (κ1) is 22.5. The van der Waals surface area contributed by atoms with E-state index in [0.29, 0.717) is 0 Å². The van der Waals surface area contributed by atoms with E-state index in [1.54, 1.807) is 0 Å². The molecule has 0 heterocycles. The predicted octanol–water partition coefficient (Wildman–Crippen LogP) is 6.89. The maximum Gasteiger partial charge on any atom is 0.0440 e. The van der Waals surface area contributed by atoms with Crippen molar-refractivity contribution >= 4 is 17.1 Å². The third-order valence-corrected chi connectivity index (χ3v) is 6.02. The topological polar surface area (TPSA) is 9.72 Å². The number of benzene rings is 4. The molecule has 4 aromatic carbocycles. The van der Waals surface area contributed by atoms with Crippen LogP contribution in [0.3, 0.4) is 0 Å². The first-order chi connectivity index (χ1) is 15.9. The second-order valence-electron chi connectivity index (χ2n) is 9.03. The van der Waals surface area contributed by atoms with Crippen molar-refractivity contribution in [2.75, 3.05) is 57.0 Å². The van der Waals surface area contributed by atoms with Crippen LogP contribution in [0.5, 0.6) is 0 Å². The van der Waals surface area contributed by atoms with Crippen molar-refractivity contribution in [3.8, 4) is 33.4 Å². The minimum atomic E-state index is 1.21. The van der Waals surface area contributed by atoms with Gasteiger partial charge in [-0.3, -0.25) is 0 Å². The molecule has 0 saturated carbocycles. The minimum Gasteiger partial charge on any atom is -0.377 e. The van der Waals surface area contributed by atoms with Gasteiger partial charge in [-0.2, -0.15) is 0 Å². The molecule has 0 spiro atoms. The van der Waals surface area contributed by atoms with E-state index < -0.39 is 0 Å². The fraction of sp³-hybridized carbons (Fsp3) is 0.200. The molecule has 0 N–H and O–H groups in total. The molecule has 0 amide bonds. The summed E-state index contributed by atoms with van der Waals surface area (Å²) in [5, 5.41) is 0. The highest BCUT2D eigenvalue weighted by Gasteiger charge is 2.15. The fourth-order valence-corrected chi connectivity index (χ4v) is 4.42. The van der Waals surface area contributed by atoms with Crippen molar-refractivity contribution in [1.82, 2.24) is 0 Å². The highest BCUT2D eigenvalue weighted by molar-refractivity contribution is 5.91. The summed E-state index contributed by atoms with van der Waals surface area (Å²) in [6.45, 7) is 0. The van der Waals surface area contributed by atoms with Gasteiger partial charge in [0.15, 0.2) is 0 Å². The van der Waals surface area contributed by atoms with Gasteiger partial charge in [-0.05, 0) is 53.1 Å². The number of para-hydroxylation sites is 3. The van der Waals surface area contributed by atoms with Crippen molar-refractivity contribution in [2.24, 2.45) is 0 Å². The molecule has 0 aliphatic carbocycles. The van der Waals surface area contributed by atoms with E-state index in [0.717, 1.165) is 0 Å². The smallest absolute Gasteiger partial charge is 0.0440 e. The van der Waals surface area contributed by atoms with Crippen LogP contribution in [0, 0.1) is 0 Å². The van der Waals surface area contributed by atoms with Gasteiger partial charge in [-0.15, -0.1) is 0 Å². The molecule has 4 aromatic rings. The lowest BCUT2D eigenvalue weighted by Gasteiger charge is -2.22. The average Bonchev–Trinajstić information content (AvgIpc) is 2.83. The zero-order chi connectivity index (χ0) is 23.5. The summed E-state index contributed by atoms with van der Waals surface area (Å²) in [7, 11) is 12.6. The maximum atomic E-state index is 2.33. The molecule has 3 nitrogen and oxygen atoms in total. The monoisotopic (exact) mass is 435 g/mol. The highest BCUT2D eigenvalue weighted by Crippen LogP contribution is 2.40. The van der Waals surface area contributed by atoms with Gasteiger partial charge < -0.3 is 14.7 Å². The molecule has 0 fully saturated rings. The van der Waals surface area contributed by atoms with Crippen molar-refractivity contribution in [2.45, 2.75) is 0 Å². The summed E-state index contributed by atoms with van der Waals surface area (Å²) in [4.78, 5) is 6.55. The summed E-state index contributed by atoms with van der Waals surface area (Å²) >= 11 is 0. The fourth-order valence-electron chi connectivity index (χ4n) is 4.42. The summed E-state index contributed by atoms with van der Waals surface area (Å²) in [5.74, 6) is 0. The zero-order valence-electron chi connectivity index (χ0n) is 20.5. The van der Waals surface area contributed by atoms with Crippen LogP contribution in [0.4, 0.5) is 17.1 Å². The van der Waals surface area contributed by atoms with Gasteiger partial charge in [0.05, 0.1) is 0 Å². The lowest BCUT2D eigenvalue weighted by molar-refractivity contribution is 1.13.